The lowest BCUT2D eigenvalue weighted by Crippen LogP contribution is -2.00. The van der Waals surface area contributed by atoms with E-state index in [1.165, 1.54) is 6.20 Å². The first-order valence-corrected chi connectivity index (χ1v) is 9.13. The topological polar surface area (TPSA) is 87.6 Å². The van der Waals surface area contributed by atoms with Gasteiger partial charge in [0.05, 0.1) is 39.2 Å². The molecular weight excluding hydrogens is 384 g/mol. The summed E-state index contributed by atoms with van der Waals surface area (Å²) in [7, 11) is 4.68. The number of para-hydroxylation sites is 1. The SMILES string of the molecule is COc1cc(Nc2cncc(Oc3ccc4ccccc4n3)n2)cc(OC)c1OC. The van der Waals surface area contributed by atoms with Gasteiger partial charge in [0, 0.05) is 29.3 Å². The first-order chi connectivity index (χ1) is 14.7. The molecule has 2 aromatic carbocycles. The van der Waals surface area contributed by atoms with Crippen molar-refractivity contribution in [2.45, 2.75) is 0 Å². The van der Waals surface area contributed by atoms with Crippen LogP contribution >= 0.6 is 0 Å². The molecule has 30 heavy (non-hydrogen) atoms. The van der Waals surface area contributed by atoms with E-state index in [1.807, 2.05) is 30.3 Å². The van der Waals surface area contributed by atoms with Gasteiger partial charge in [0.25, 0.3) is 0 Å². The summed E-state index contributed by atoms with van der Waals surface area (Å²) in [6.07, 6.45) is 3.11. The van der Waals surface area contributed by atoms with Crippen LogP contribution in [0.15, 0.2) is 60.9 Å². The maximum Gasteiger partial charge on any atom is 0.241 e. The van der Waals surface area contributed by atoms with Gasteiger partial charge in [-0.15, -0.1) is 0 Å². The van der Waals surface area contributed by atoms with Crippen molar-refractivity contribution in [3.63, 3.8) is 0 Å². The van der Waals surface area contributed by atoms with Crippen LogP contribution in [0.2, 0.25) is 0 Å². The van der Waals surface area contributed by atoms with Crippen molar-refractivity contribution in [2.24, 2.45) is 0 Å². The molecule has 8 nitrogen and oxygen atoms in total. The van der Waals surface area contributed by atoms with E-state index in [0.29, 0.717) is 40.5 Å². The standard InChI is InChI=1S/C22H20N4O4/c1-27-17-10-15(11-18(28-2)22(17)29-3)24-19-12-23-13-21(26-19)30-20-9-8-14-6-4-5-7-16(14)25-20/h4-13H,1-3H3,(H,24,26). The molecule has 0 aliphatic heterocycles. The number of benzene rings is 2. The molecule has 0 amide bonds. The maximum atomic E-state index is 5.80. The van der Waals surface area contributed by atoms with Gasteiger partial charge in [0.1, 0.15) is 0 Å². The number of pyridine rings is 1. The molecule has 8 heteroatoms. The van der Waals surface area contributed by atoms with Gasteiger partial charge >= 0.3 is 0 Å². The molecule has 152 valence electrons. The van der Waals surface area contributed by atoms with Gasteiger partial charge in [0.2, 0.25) is 17.5 Å². The molecule has 0 aliphatic rings. The van der Waals surface area contributed by atoms with Gasteiger partial charge in [-0.3, -0.25) is 4.98 Å². The predicted octanol–water partition coefficient (Wildman–Crippen LogP) is 4.59. The highest BCUT2D eigenvalue weighted by atomic mass is 16.5. The molecule has 0 bridgehead atoms. The summed E-state index contributed by atoms with van der Waals surface area (Å²) in [5, 5.41) is 4.21. The molecule has 4 rings (SSSR count). The highest BCUT2D eigenvalue weighted by Crippen LogP contribution is 2.40. The van der Waals surface area contributed by atoms with Crippen LogP contribution in [-0.2, 0) is 0 Å². The zero-order valence-corrected chi connectivity index (χ0v) is 16.7. The minimum Gasteiger partial charge on any atom is -0.493 e. The van der Waals surface area contributed by atoms with E-state index in [4.69, 9.17) is 18.9 Å². The lowest BCUT2D eigenvalue weighted by Gasteiger charge is -2.15. The number of fused-ring (bicyclic) bond motifs is 1. The monoisotopic (exact) mass is 404 g/mol. The molecule has 0 saturated carbocycles. The van der Waals surface area contributed by atoms with E-state index in [1.54, 1.807) is 45.7 Å². The number of rotatable bonds is 7. The van der Waals surface area contributed by atoms with Crippen LogP contribution in [0.1, 0.15) is 0 Å². The smallest absolute Gasteiger partial charge is 0.241 e. The van der Waals surface area contributed by atoms with E-state index >= 15 is 0 Å². The predicted molar refractivity (Wildman–Crippen MR) is 113 cm³/mol. The van der Waals surface area contributed by atoms with Crippen molar-refractivity contribution in [1.29, 1.82) is 0 Å². The number of nitrogens with zero attached hydrogens (tertiary/aromatic N) is 3. The number of methoxy groups -OCH3 is 3. The van der Waals surface area contributed by atoms with Gasteiger partial charge in [0.15, 0.2) is 17.3 Å². The highest BCUT2D eigenvalue weighted by molar-refractivity contribution is 5.78. The molecule has 0 radical (unpaired) electrons. The Bertz CT molecular complexity index is 1160. The van der Waals surface area contributed by atoms with Crippen LogP contribution in [0.25, 0.3) is 10.9 Å². The number of hydrogen-bond acceptors (Lipinski definition) is 8. The minimum absolute atomic E-state index is 0.315. The molecule has 0 aliphatic carbocycles. The van der Waals surface area contributed by atoms with Gasteiger partial charge in [-0.25, -0.2) is 4.98 Å². The summed E-state index contributed by atoms with van der Waals surface area (Å²) in [6, 6.07) is 15.1. The summed E-state index contributed by atoms with van der Waals surface area (Å²) in [4.78, 5) is 13.1. The van der Waals surface area contributed by atoms with Crippen molar-refractivity contribution < 1.29 is 18.9 Å². The summed E-state index contributed by atoms with van der Waals surface area (Å²) in [5.41, 5.74) is 1.54. The Morgan fingerprint density at radius 3 is 2.27 bits per heavy atom. The zero-order valence-electron chi connectivity index (χ0n) is 16.7. The van der Waals surface area contributed by atoms with Crippen molar-refractivity contribution in [3.8, 4) is 29.0 Å². The molecule has 2 heterocycles. The average Bonchev–Trinajstić information content (AvgIpc) is 2.78. The lowest BCUT2D eigenvalue weighted by molar-refractivity contribution is 0.324. The van der Waals surface area contributed by atoms with Gasteiger partial charge in [-0.05, 0) is 12.1 Å². The summed E-state index contributed by atoms with van der Waals surface area (Å²) in [5.74, 6) is 2.81. The van der Waals surface area contributed by atoms with Gasteiger partial charge in [-0.2, -0.15) is 4.98 Å². The van der Waals surface area contributed by atoms with Gasteiger partial charge in [-0.1, -0.05) is 18.2 Å². The Kier molecular flexibility index (Phi) is 5.47. The summed E-state index contributed by atoms with van der Waals surface area (Å²) >= 11 is 0. The van der Waals surface area contributed by atoms with E-state index in [0.717, 1.165) is 10.9 Å². The van der Waals surface area contributed by atoms with Crippen LogP contribution in [0.5, 0.6) is 29.0 Å². The summed E-state index contributed by atoms with van der Waals surface area (Å²) in [6.45, 7) is 0. The van der Waals surface area contributed by atoms with Crippen molar-refractivity contribution in [1.82, 2.24) is 15.0 Å². The Morgan fingerprint density at radius 2 is 1.53 bits per heavy atom. The van der Waals surface area contributed by atoms with E-state index in [2.05, 4.69) is 20.3 Å². The van der Waals surface area contributed by atoms with Crippen LogP contribution in [0.4, 0.5) is 11.5 Å². The first kappa shape index (κ1) is 19.3. The second-order valence-electron chi connectivity index (χ2n) is 6.23. The Balaban J connectivity index is 1.57. The fourth-order valence-electron chi connectivity index (χ4n) is 2.97. The van der Waals surface area contributed by atoms with Gasteiger partial charge < -0.3 is 24.3 Å². The van der Waals surface area contributed by atoms with Crippen LogP contribution in [0, 0.1) is 0 Å². The normalized spacial score (nSPS) is 10.5. The quantitative estimate of drug-likeness (QED) is 0.479. The average molecular weight is 404 g/mol. The van der Waals surface area contributed by atoms with Crippen LogP contribution in [-0.4, -0.2) is 36.3 Å². The molecule has 0 saturated heterocycles. The number of anilines is 2. The molecule has 4 aromatic rings. The zero-order chi connectivity index (χ0) is 20.9. The van der Waals surface area contributed by atoms with Crippen molar-refractivity contribution >= 4 is 22.4 Å². The van der Waals surface area contributed by atoms with Crippen molar-refractivity contribution in [2.75, 3.05) is 26.6 Å². The Labute approximate surface area is 173 Å². The Hall–Kier alpha value is -4.07. The van der Waals surface area contributed by atoms with Crippen LogP contribution in [0.3, 0.4) is 0 Å². The number of nitrogens with one attached hydrogen (secondary N) is 1. The summed E-state index contributed by atoms with van der Waals surface area (Å²) < 4.78 is 21.9. The molecular formula is C22H20N4O4. The third-order valence-electron chi connectivity index (χ3n) is 4.33. The minimum atomic E-state index is 0.315. The fourth-order valence-corrected chi connectivity index (χ4v) is 2.97. The largest absolute Gasteiger partial charge is 0.493 e. The number of ether oxygens (including phenoxy) is 4. The van der Waals surface area contributed by atoms with E-state index < -0.39 is 0 Å². The second-order valence-corrected chi connectivity index (χ2v) is 6.23. The van der Waals surface area contributed by atoms with Crippen molar-refractivity contribution in [3.05, 3.63) is 60.9 Å². The molecule has 2 aromatic heterocycles. The maximum absolute atomic E-state index is 5.80. The molecule has 0 unspecified atom stereocenters. The number of aromatic nitrogens is 3. The highest BCUT2D eigenvalue weighted by Gasteiger charge is 2.14. The number of hydrogen-bond donors (Lipinski definition) is 1. The third-order valence-corrected chi connectivity index (χ3v) is 4.33. The molecule has 0 fully saturated rings. The first-order valence-electron chi connectivity index (χ1n) is 9.13. The van der Waals surface area contributed by atoms with Crippen LogP contribution < -0.4 is 24.3 Å². The lowest BCUT2D eigenvalue weighted by atomic mass is 10.2. The molecule has 0 atom stereocenters. The molecule has 0 spiro atoms. The third kappa shape index (κ3) is 4.02. The van der Waals surface area contributed by atoms with E-state index in [-0.39, 0.29) is 0 Å². The Morgan fingerprint density at radius 1 is 0.767 bits per heavy atom. The van der Waals surface area contributed by atoms with E-state index in [9.17, 15) is 0 Å². The fraction of sp³-hybridized carbons (Fsp3) is 0.136. The second kappa shape index (κ2) is 8.52. The molecule has 1 N–H and O–H groups in total.